The molecule has 2 heterocycles. The molecule has 0 radical (unpaired) electrons. The third-order valence-corrected chi connectivity index (χ3v) is 5.54. The molecule has 140 valence electrons. The minimum atomic E-state index is -0.0268. The zero-order valence-corrected chi connectivity index (χ0v) is 15.8. The topological polar surface area (TPSA) is 36.7 Å². The Kier molecular flexibility index (Phi) is 5.26. The summed E-state index contributed by atoms with van der Waals surface area (Å²) < 4.78 is 5.77. The summed E-state index contributed by atoms with van der Waals surface area (Å²) in [5.74, 6) is 0.404. The number of likely N-dealkylation sites (N-methyl/N-ethyl adjacent to an activating group) is 1. The van der Waals surface area contributed by atoms with Crippen LogP contribution in [-0.4, -0.2) is 48.4 Å². The van der Waals surface area contributed by atoms with Gasteiger partial charge in [-0.25, -0.2) is 0 Å². The fourth-order valence-corrected chi connectivity index (χ4v) is 3.91. The molecular weight excluding hydrogens is 336 g/mol. The second kappa shape index (κ2) is 7.97. The SMILES string of the molecule is CN(C(=O)c1cc2ccccc2o1)C1CCCN(CCc2ccccc2)C1. The zero-order chi connectivity index (χ0) is 18.6. The van der Waals surface area contributed by atoms with Crippen LogP contribution in [0.2, 0.25) is 0 Å². The zero-order valence-electron chi connectivity index (χ0n) is 15.8. The van der Waals surface area contributed by atoms with Crippen molar-refractivity contribution < 1.29 is 9.21 Å². The van der Waals surface area contributed by atoms with Crippen LogP contribution in [0, 0.1) is 0 Å². The first-order chi connectivity index (χ1) is 13.2. The van der Waals surface area contributed by atoms with Crippen molar-refractivity contribution in [2.75, 3.05) is 26.7 Å². The second-order valence-corrected chi connectivity index (χ2v) is 7.40. The van der Waals surface area contributed by atoms with Gasteiger partial charge in [-0.1, -0.05) is 48.5 Å². The lowest BCUT2D eigenvalue weighted by Gasteiger charge is -2.37. The van der Waals surface area contributed by atoms with Gasteiger partial charge in [0.25, 0.3) is 5.91 Å². The van der Waals surface area contributed by atoms with Crippen LogP contribution in [0.4, 0.5) is 0 Å². The number of nitrogens with zero attached hydrogens (tertiary/aromatic N) is 2. The van der Waals surface area contributed by atoms with Crippen molar-refractivity contribution in [1.29, 1.82) is 0 Å². The Bertz CT molecular complexity index is 870. The highest BCUT2D eigenvalue weighted by Gasteiger charge is 2.28. The van der Waals surface area contributed by atoms with Gasteiger partial charge in [-0.15, -0.1) is 0 Å². The Morgan fingerprint density at radius 3 is 2.74 bits per heavy atom. The highest BCUT2D eigenvalue weighted by molar-refractivity contribution is 5.96. The van der Waals surface area contributed by atoms with Gasteiger partial charge in [0, 0.05) is 31.6 Å². The van der Waals surface area contributed by atoms with Crippen LogP contribution >= 0.6 is 0 Å². The number of para-hydroxylation sites is 1. The van der Waals surface area contributed by atoms with Crippen molar-refractivity contribution in [2.24, 2.45) is 0 Å². The van der Waals surface area contributed by atoms with Crippen molar-refractivity contribution in [2.45, 2.75) is 25.3 Å². The summed E-state index contributed by atoms with van der Waals surface area (Å²) in [4.78, 5) is 17.3. The van der Waals surface area contributed by atoms with Gasteiger partial charge in [0.2, 0.25) is 0 Å². The number of carbonyl (C=O) groups excluding carboxylic acids is 1. The summed E-state index contributed by atoms with van der Waals surface area (Å²) in [7, 11) is 1.90. The monoisotopic (exact) mass is 362 g/mol. The lowest BCUT2D eigenvalue weighted by Crippen LogP contribution is -2.48. The fraction of sp³-hybridized carbons (Fsp3) is 0.348. The lowest BCUT2D eigenvalue weighted by atomic mass is 10.0. The van der Waals surface area contributed by atoms with E-state index in [1.54, 1.807) is 0 Å². The maximum absolute atomic E-state index is 12.9. The summed E-state index contributed by atoms with van der Waals surface area (Å²) in [6.07, 6.45) is 3.22. The number of benzene rings is 2. The molecule has 0 saturated carbocycles. The molecule has 1 atom stereocenters. The van der Waals surface area contributed by atoms with E-state index in [9.17, 15) is 4.79 Å². The number of fused-ring (bicyclic) bond motifs is 1. The van der Waals surface area contributed by atoms with Gasteiger partial charge < -0.3 is 14.2 Å². The van der Waals surface area contributed by atoms with E-state index in [-0.39, 0.29) is 11.9 Å². The molecule has 4 heteroatoms. The molecule has 1 aromatic heterocycles. The molecule has 4 rings (SSSR count). The maximum atomic E-state index is 12.9. The van der Waals surface area contributed by atoms with Gasteiger partial charge in [0.1, 0.15) is 5.58 Å². The Hall–Kier alpha value is -2.59. The van der Waals surface area contributed by atoms with Crippen LogP contribution in [0.25, 0.3) is 11.0 Å². The number of furan rings is 1. The van der Waals surface area contributed by atoms with E-state index in [2.05, 4.69) is 35.2 Å². The predicted octanol–water partition coefficient (Wildman–Crippen LogP) is 4.21. The highest BCUT2D eigenvalue weighted by atomic mass is 16.3. The smallest absolute Gasteiger partial charge is 0.289 e. The minimum Gasteiger partial charge on any atom is -0.451 e. The van der Waals surface area contributed by atoms with E-state index in [0.29, 0.717) is 5.76 Å². The van der Waals surface area contributed by atoms with Crippen LogP contribution in [0.15, 0.2) is 65.1 Å². The van der Waals surface area contributed by atoms with E-state index >= 15 is 0 Å². The van der Waals surface area contributed by atoms with Crippen LogP contribution in [-0.2, 0) is 6.42 Å². The largest absolute Gasteiger partial charge is 0.451 e. The Morgan fingerprint density at radius 2 is 1.93 bits per heavy atom. The molecule has 1 fully saturated rings. The first-order valence-corrected chi connectivity index (χ1v) is 9.73. The summed E-state index contributed by atoms with van der Waals surface area (Å²) in [5.41, 5.74) is 2.13. The Morgan fingerprint density at radius 1 is 1.15 bits per heavy atom. The average molecular weight is 362 g/mol. The molecule has 27 heavy (non-hydrogen) atoms. The Balaban J connectivity index is 1.38. The van der Waals surface area contributed by atoms with Crippen molar-refractivity contribution >= 4 is 16.9 Å². The molecule has 4 nitrogen and oxygen atoms in total. The lowest BCUT2D eigenvalue weighted by molar-refractivity contribution is 0.0591. The quantitative estimate of drug-likeness (QED) is 0.682. The molecule has 1 aliphatic rings. The van der Waals surface area contributed by atoms with Gasteiger partial charge in [0.15, 0.2) is 5.76 Å². The van der Waals surface area contributed by atoms with Gasteiger partial charge >= 0.3 is 0 Å². The van der Waals surface area contributed by atoms with Crippen molar-refractivity contribution in [3.63, 3.8) is 0 Å². The van der Waals surface area contributed by atoms with Crippen LogP contribution < -0.4 is 0 Å². The van der Waals surface area contributed by atoms with Crippen LogP contribution in [0.3, 0.4) is 0 Å². The van der Waals surface area contributed by atoms with Crippen molar-refractivity contribution in [3.05, 3.63) is 72.0 Å². The van der Waals surface area contributed by atoms with E-state index < -0.39 is 0 Å². The molecule has 0 spiro atoms. The van der Waals surface area contributed by atoms with E-state index in [1.165, 1.54) is 5.56 Å². The van der Waals surface area contributed by atoms with Gasteiger partial charge in [-0.3, -0.25) is 4.79 Å². The molecule has 1 unspecified atom stereocenters. The number of hydrogen-bond donors (Lipinski definition) is 0. The molecule has 1 amide bonds. The third-order valence-electron chi connectivity index (χ3n) is 5.54. The molecule has 0 N–H and O–H groups in total. The van der Waals surface area contributed by atoms with E-state index in [4.69, 9.17) is 4.42 Å². The molecule has 0 bridgehead atoms. The summed E-state index contributed by atoms with van der Waals surface area (Å²) in [5, 5.41) is 0.974. The van der Waals surface area contributed by atoms with Gasteiger partial charge in [-0.05, 0) is 43.5 Å². The number of carbonyl (C=O) groups is 1. The number of hydrogen-bond acceptors (Lipinski definition) is 3. The number of likely N-dealkylation sites (tertiary alicyclic amines) is 1. The normalized spacial score (nSPS) is 17.9. The number of amides is 1. The first-order valence-electron chi connectivity index (χ1n) is 9.73. The van der Waals surface area contributed by atoms with Crippen molar-refractivity contribution in [3.8, 4) is 0 Å². The predicted molar refractivity (Wildman–Crippen MR) is 108 cm³/mol. The molecule has 1 saturated heterocycles. The van der Waals surface area contributed by atoms with E-state index in [0.717, 1.165) is 49.9 Å². The van der Waals surface area contributed by atoms with Crippen molar-refractivity contribution in [1.82, 2.24) is 9.80 Å². The van der Waals surface area contributed by atoms with Crippen LogP contribution in [0.5, 0.6) is 0 Å². The second-order valence-electron chi connectivity index (χ2n) is 7.40. The molecule has 3 aromatic rings. The molecule has 2 aromatic carbocycles. The minimum absolute atomic E-state index is 0.0268. The molecule has 1 aliphatic heterocycles. The number of rotatable bonds is 5. The summed E-state index contributed by atoms with van der Waals surface area (Å²) >= 11 is 0. The van der Waals surface area contributed by atoms with Gasteiger partial charge in [0.05, 0.1) is 0 Å². The maximum Gasteiger partial charge on any atom is 0.289 e. The first kappa shape index (κ1) is 17.8. The standard InChI is InChI=1S/C23H26N2O2/c1-24(23(26)22-16-19-10-5-6-12-21(19)27-22)20-11-7-14-25(17-20)15-13-18-8-3-2-4-9-18/h2-6,8-10,12,16,20H,7,11,13-15,17H2,1H3. The summed E-state index contributed by atoms with van der Waals surface area (Å²) in [6, 6.07) is 20.4. The van der Waals surface area contributed by atoms with Gasteiger partial charge in [-0.2, -0.15) is 0 Å². The fourth-order valence-electron chi connectivity index (χ4n) is 3.91. The third kappa shape index (κ3) is 4.06. The Labute approximate surface area is 160 Å². The van der Waals surface area contributed by atoms with E-state index in [1.807, 2.05) is 42.3 Å². The molecular formula is C23H26N2O2. The summed E-state index contributed by atoms with van der Waals surface area (Å²) in [6.45, 7) is 3.07. The highest BCUT2D eigenvalue weighted by Crippen LogP contribution is 2.22. The molecule has 0 aliphatic carbocycles. The average Bonchev–Trinajstić information content (AvgIpc) is 3.16. The number of piperidine rings is 1. The van der Waals surface area contributed by atoms with Crippen LogP contribution in [0.1, 0.15) is 29.0 Å².